The second kappa shape index (κ2) is 7.96. The van der Waals surface area contributed by atoms with Crippen LogP contribution in [0.4, 0.5) is 5.95 Å². The van der Waals surface area contributed by atoms with E-state index >= 15 is 0 Å². The van der Waals surface area contributed by atoms with Crippen molar-refractivity contribution in [2.24, 2.45) is 5.10 Å². The second-order valence-corrected chi connectivity index (χ2v) is 5.74. The van der Waals surface area contributed by atoms with Crippen molar-refractivity contribution in [1.82, 2.24) is 9.97 Å². The first kappa shape index (κ1) is 17.9. The Labute approximate surface area is 159 Å². The van der Waals surface area contributed by atoms with Crippen LogP contribution in [0.5, 0.6) is 0 Å². The molecular formula is C19H11ClN6O. The van der Waals surface area contributed by atoms with Crippen LogP contribution in [0.2, 0.25) is 5.02 Å². The number of hydrazone groups is 1. The molecule has 27 heavy (non-hydrogen) atoms. The molecule has 0 aliphatic heterocycles. The Balaban J connectivity index is 1.89. The predicted molar refractivity (Wildman–Crippen MR) is 102 cm³/mol. The Morgan fingerprint density at radius 3 is 2.59 bits per heavy atom. The van der Waals surface area contributed by atoms with E-state index in [4.69, 9.17) is 16.9 Å². The molecule has 0 radical (unpaired) electrons. The van der Waals surface area contributed by atoms with Gasteiger partial charge in [0.15, 0.2) is 0 Å². The molecule has 0 aliphatic carbocycles. The summed E-state index contributed by atoms with van der Waals surface area (Å²) in [6.45, 7) is 0. The van der Waals surface area contributed by atoms with Crippen molar-refractivity contribution in [2.45, 2.75) is 0 Å². The number of halogens is 1. The summed E-state index contributed by atoms with van der Waals surface area (Å²) in [6, 6.07) is 17.6. The highest BCUT2D eigenvalue weighted by Gasteiger charge is 2.12. The summed E-state index contributed by atoms with van der Waals surface area (Å²) in [5.74, 6) is 0.0915. The number of anilines is 1. The summed E-state index contributed by atoms with van der Waals surface area (Å²) in [4.78, 5) is 18.9. The third-order valence-electron chi connectivity index (χ3n) is 3.58. The van der Waals surface area contributed by atoms with Gasteiger partial charge in [-0.25, -0.2) is 10.4 Å². The standard InChI is InChI=1S/C19H11ClN6O/c20-16-8-12(6-7-14(16)9-21)11-23-26-19-24-17(13-4-2-1-3-5-13)15(10-22)18(27)25-19/h1-8,11H,(H2,24,25,26,27). The number of nitrogens with zero attached hydrogens (tertiary/aromatic N) is 4. The van der Waals surface area contributed by atoms with Gasteiger partial charge < -0.3 is 0 Å². The molecule has 2 aromatic carbocycles. The molecule has 0 bridgehead atoms. The van der Waals surface area contributed by atoms with E-state index in [1.54, 1.807) is 42.5 Å². The number of benzene rings is 2. The molecular weight excluding hydrogens is 364 g/mol. The van der Waals surface area contributed by atoms with Crippen molar-refractivity contribution in [3.05, 3.63) is 80.6 Å². The van der Waals surface area contributed by atoms with Gasteiger partial charge in [-0.3, -0.25) is 9.78 Å². The van der Waals surface area contributed by atoms with E-state index in [9.17, 15) is 10.1 Å². The average molecular weight is 375 g/mol. The molecule has 0 saturated carbocycles. The topological polar surface area (TPSA) is 118 Å². The lowest BCUT2D eigenvalue weighted by Crippen LogP contribution is -2.16. The summed E-state index contributed by atoms with van der Waals surface area (Å²) in [6.07, 6.45) is 1.47. The Morgan fingerprint density at radius 1 is 1.15 bits per heavy atom. The van der Waals surface area contributed by atoms with Crippen LogP contribution in [-0.4, -0.2) is 16.2 Å². The largest absolute Gasteiger partial charge is 0.290 e. The zero-order chi connectivity index (χ0) is 19.2. The number of rotatable bonds is 4. The third-order valence-corrected chi connectivity index (χ3v) is 3.89. The van der Waals surface area contributed by atoms with Gasteiger partial charge in [0, 0.05) is 5.56 Å². The van der Waals surface area contributed by atoms with Gasteiger partial charge in [0.2, 0.25) is 5.95 Å². The SMILES string of the molecule is N#Cc1ccc(C=NNc2nc(-c3ccccc3)c(C#N)c(=O)[nH]2)cc1Cl. The normalized spacial score (nSPS) is 10.3. The molecule has 0 amide bonds. The molecule has 3 rings (SSSR count). The first-order valence-corrected chi connectivity index (χ1v) is 8.08. The maximum Gasteiger partial charge on any atom is 0.270 e. The third kappa shape index (κ3) is 4.01. The van der Waals surface area contributed by atoms with E-state index in [1.807, 2.05) is 18.2 Å². The highest BCUT2D eigenvalue weighted by Crippen LogP contribution is 2.19. The minimum absolute atomic E-state index is 0.0744. The van der Waals surface area contributed by atoms with E-state index in [0.717, 1.165) is 0 Å². The van der Waals surface area contributed by atoms with Gasteiger partial charge in [0.05, 0.1) is 22.5 Å². The molecule has 1 heterocycles. The van der Waals surface area contributed by atoms with Crippen molar-refractivity contribution in [2.75, 3.05) is 5.43 Å². The van der Waals surface area contributed by atoms with Crippen LogP contribution in [0.15, 0.2) is 58.4 Å². The Morgan fingerprint density at radius 2 is 1.93 bits per heavy atom. The fourth-order valence-corrected chi connectivity index (χ4v) is 2.54. The highest BCUT2D eigenvalue weighted by atomic mass is 35.5. The number of nitriles is 2. The number of H-pyrrole nitrogens is 1. The van der Waals surface area contributed by atoms with Crippen LogP contribution in [-0.2, 0) is 0 Å². The molecule has 2 N–H and O–H groups in total. The van der Waals surface area contributed by atoms with Gasteiger partial charge in [0.1, 0.15) is 17.7 Å². The van der Waals surface area contributed by atoms with E-state index in [-0.39, 0.29) is 17.2 Å². The van der Waals surface area contributed by atoms with Crippen molar-refractivity contribution in [1.29, 1.82) is 10.5 Å². The van der Waals surface area contributed by atoms with E-state index in [2.05, 4.69) is 20.5 Å². The Hall–Kier alpha value is -3.94. The molecule has 1 aromatic heterocycles. The summed E-state index contributed by atoms with van der Waals surface area (Å²) >= 11 is 5.97. The minimum atomic E-state index is -0.564. The average Bonchev–Trinajstić information content (AvgIpc) is 2.68. The number of nitrogens with one attached hydrogen (secondary N) is 2. The van der Waals surface area contributed by atoms with Crippen LogP contribution < -0.4 is 11.0 Å². The quantitative estimate of drug-likeness (QED) is 0.536. The van der Waals surface area contributed by atoms with Crippen LogP contribution in [0.1, 0.15) is 16.7 Å². The molecule has 0 spiro atoms. The van der Waals surface area contributed by atoms with Gasteiger partial charge in [-0.1, -0.05) is 48.0 Å². The fourth-order valence-electron chi connectivity index (χ4n) is 2.31. The second-order valence-electron chi connectivity index (χ2n) is 5.34. The zero-order valence-corrected chi connectivity index (χ0v) is 14.5. The molecule has 0 saturated heterocycles. The fraction of sp³-hybridized carbons (Fsp3) is 0. The van der Waals surface area contributed by atoms with Crippen LogP contribution in [0, 0.1) is 22.7 Å². The summed E-state index contributed by atoms with van der Waals surface area (Å²) in [5, 5.41) is 22.5. The summed E-state index contributed by atoms with van der Waals surface area (Å²) in [7, 11) is 0. The molecule has 0 aliphatic rings. The van der Waals surface area contributed by atoms with Crippen molar-refractivity contribution < 1.29 is 0 Å². The number of aromatic nitrogens is 2. The Bertz CT molecular complexity index is 1160. The lowest BCUT2D eigenvalue weighted by molar-refractivity contribution is 1.08. The van der Waals surface area contributed by atoms with Crippen molar-refractivity contribution >= 4 is 23.8 Å². The number of hydrogen-bond donors (Lipinski definition) is 2. The molecule has 0 atom stereocenters. The van der Waals surface area contributed by atoms with Gasteiger partial charge in [-0.2, -0.15) is 15.6 Å². The van der Waals surface area contributed by atoms with E-state index in [1.165, 1.54) is 6.21 Å². The lowest BCUT2D eigenvalue weighted by atomic mass is 10.1. The van der Waals surface area contributed by atoms with Gasteiger partial charge in [-0.05, 0) is 17.7 Å². The first-order chi connectivity index (χ1) is 13.1. The highest BCUT2D eigenvalue weighted by molar-refractivity contribution is 6.32. The molecule has 0 unspecified atom stereocenters. The van der Waals surface area contributed by atoms with Crippen LogP contribution in [0.3, 0.4) is 0 Å². The van der Waals surface area contributed by atoms with Crippen LogP contribution in [0.25, 0.3) is 11.3 Å². The van der Waals surface area contributed by atoms with E-state index in [0.29, 0.717) is 21.7 Å². The monoisotopic (exact) mass is 374 g/mol. The summed E-state index contributed by atoms with van der Waals surface area (Å²) in [5.41, 5.74) is 3.93. The molecule has 7 nitrogen and oxygen atoms in total. The van der Waals surface area contributed by atoms with Crippen molar-refractivity contribution in [3.63, 3.8) is 0 Å². The smallest absolute Gasteiger partial charge is 0.270 e. The minimum Gasteiger partial charge on any atom is -0.290 e. The lowest BCUT2D eigenvalue weighted by Gasteiger charge is -2.06. The molecule has 130 valence electrons. The molecule has 3 aromatic rings. The van der Waals surface area contributed by atoms with Gasteiger partial charge in [0.25, 0.3) is 5.56 Å². The maximum absolute atomic E-state index is 12.2. The van der Waals surface area contributed by atoms with Gasteiger partial charge >= 0.3 is 0 Å². The van der Waals surface area contributed by atoms with Crippen molar-refractivity contribution in [3.8, 4) is 23.4 Å². The first-order valence-electron chi connectivity index (χ1n) is 7.71. The van der Waals surface area contributed by atoms with Crippen LogP contribution >= 0.6 is 11.6 Å². The molecule has 0 fully saturated rings. The number of hydrogen-bond acceptors (Lipinski definition) is 6. The zero-order valence-electron chi connectivity index (χ0n) is 13.8. The van der Waals surface area contributed by atoms with Gasteiger partial charge in [-0.15, -0.1) is 0 Å². The predicted octanol–water partition coefficient (Wildman–Crippen LogP) is 3.28. The molecule has 8 heteroatoms. The van der Waals surface area contributed by atoms with E-state index < -0.39 is 5.56 Å². The number of aromatic amines is 1. The summed E-state index contributed by atoms with van der Waals surface area (Å²) < 4.78 is 0. The Kier molecular flexibility index (Phi) is 5.27. The maximum atomic E-state index is 12.2.